The SMILES string of the molecule is C=C(C)NCCOCCOCCOCCOCCOCCNC(=O)COc1cccc2c1C(=O)N(C(CCC=O)C(=O)NC)C2=O. The van der Waals surface area contributed by atoms with Crippen molar-refractivity contribution in [1.82, 2.24) is 20.9 Å². The first kappa shape index (κ1) is 38.3. The van der Waals surface area contributed by atoms with E-state index in [-0.39, 0.29) is 42.9 Å². The summed E-state index contributed by atoms with van der Waals surface area (Å²) in [5, 5.41) is 8.14. The summed E-state index contributed by atoms with van der Waals surface area (Å²) in [6.07, 6.45) is 0.588. The maximum absolute atomic E-state index is 13.2. The molecule has 0 fully saturated rings. The fraction of sp³-hybridized carbons (Fsp3) is 0.581. The van der Waals surface area contributed by atoms with E-state index in [2.05, 4.69) is 22.5 Å². The van der Waals surface area contributed by atoms with E-state index >= 15 is 0 Å². The molecule has 0 radical (unpaired) electrons. The molecule has 0 aliphatic carbocycles. The molecule has 1 aromatic rings. The number of ether oxygens (including phenoxy) is 6. The smallest absolute Gasteiger partial charge is 0.266 e. The monoisotopic (exact) mass is 650 g/mol. The van der Waals surface area contributed by atoms with E-state index in [4.69, 9.17) is 28.4 Å². The zero-order valence-corrected chi connectivity index (χ0v) is 26.6. The molecule has 0 saturated carbocycles. The number of benzene rings is 1. The Morgan fingerprint density at radius 2 is 1.39 bits per heavy atom. The van der Waals surface area contributed by atoms with Gasteiger partial charge in [0.1, 0.15) is 18.1 Å². The number of hydrogen-bond donors (Lipinski definition) is 3. The number of likely N-dealkylation sites (N-methyl/N-ethyl adjacent to an activating group) is 1. The van der Waals surface area contributed by atoms with Gasteiger partial charge in [-0.1, -0.05) is 12.6 Å². The fourth-order valence-electron chi connectivity index (χ4n) is 4.22. The average Bonchev–Trinajstić information content (AvgIpc) is 3.30. The number of hydrogen-bond acceptors (Lipinski definition) is 12. The van der Waals surface area contributed by atoms with E-state index in [0.717, 1.165) is 17.1 Å². The van der Waals surface area contributed by atoms with Crippen molar-refractivity contribution in [2.24, 2.45) is 0 Å². The molecule has 0 spiro atoms. The van der Waals surface area contributed by atoms with Crippen LogP contribution < -0.4 is 20.7 Å². The molecule has 0 saturated heterocycles. The molecule has 1 aliphatic rings. The minimum absolute atomic E-state index is 0.00948. The summed E-state index contributed by atoms with van der Waals surface area (Å²) in [5.41, 5.74) is 0.929. The molecule has 0 aromatic heterocycles. The predicted octanol–water partition coefficient (Wildman–Crippen LogP) is 0.0775. The van der Waals surface area contributed by atoms with Gasteiger partial charge >= 0.3 is 0 Å². The van der Waals surface area contributed by atoms with Crippen LogP contribution in [0.4, 0.5) is 0 Å². The second-order valence-electron chi connectivity index (χ2n) is 9.94. The fourth-order valence-corrected chi connectivity index (χ4v) is 4.22. The summed E-state index contributed by atoms with van der Waals surface area (Å²) in [6, 6.07) is 3.27. The molecule has 1 atom stereocenters. The van der Waals surface area contributed by atoms with Gasteiger partial charge < -0.3 is 49.2 Å². The minimum Gasteiger partial charge on any atom is -0.483 e. The molecule has 1 heterocycles. The summed E-state index contributed by atoms with van der Waals surface area (Å²) < 4.78 is 32.7. The topological polar surface area (TPSA) is 180 Å². The number of carbonyl (C=O) groups is 5. The Morgan fingerprint density at radius 1 is 0.848 bits per heavy atom. The molecule has 1 unspecified atom stereocenters. The van der Waals surface area contributed by atoms with Crippen molar-refractivity contribution in [2.75, 3.05) is 92.8 Å². The minimum atomic E-state index is -1.15. The first-order valence-electron chi connectivity index (χ1n) is 15.2. The van der Waals surface area contributed by atoms with Gasteiger partial charge in [-0.2, -0.15) is 0 Å². The Morgan fingerprint density at radius 3 is 1.91 bits per heavy atom. The van der Waals surface area contributed by atoms with E-state index in [1.54, 1.807) is 0 Å². The van der Waals surface area contributed by atoms with Crippen molar-refractivity contribution in [3.63, 3.8) is 0 Å². The van der Waals surface area contributed by atoms with Crippen LogP contribution in [0.1, 0.15) is 40.5 Å². The molecular weight excluding hydrogens is 604 g/mol. The Balaban J connectivity index is 1.54. The lowest BCUT2D eigenvalue weighted by Crippen LogP contribution is -2.48. The van der Waals surface area contributed by atoms with Crippen LogP contribution in [0.15, 0.2) is 30.5 Å². The van der Waals surface area contributed by atoms with Gasteiger partial charge in [-0.05, 0) is 25.5 Å². The molecular formula is C31H46N4O11. The van der Waals surface area contributed by atoms with Gasteiger partial charge in [-0.15, -0.1) is 0 Å². The average molecular weight is 651 g/mol. The number of allylic oxidation sites excluding steroid dienone is 1. The van der Waals surface area contributed by atoms with Crippen molar-refractivity contribution >= 4 is 29.9 Å². The zero-order chi connectivity index (χ0) is 33.6. The van der Waals surface area contributed by atoms with Crippen LogP contribution in [0.25, 0.3) is 0 Å². The van der Waals surface area contributed by atoms with Crippen LogP contribution in [-0.2, 0) is 38.1 Å². The summed E-state index contributed by atoms with van der Waals surface area (Å²) >= 11 is 0. The van der Waals surface area contributed by atoms with Crippen molar-refractivity contribution in [3.05, 3.63) is 41.6 Å². The largest absolute Gasteiger partial charge is 0.483 e. The van der Waals surface area contributed by atoms with E-state index in [1.165, 1.54) is 25.2 Å². The standard InChI is InChI=1S/C31H46N4O11/c1-23(2)33-9-12-41-14-16-43-18-20-45-21-19-44-17-15-42-13-10-34-27(37)22-46-26-8-4-6-24-28(26)31(40)35(30(24)39)25(7-5-11-36)29(38)32-3/h4,6,8,11,25,33H,1,5,7,9-10,12-22H2,2-3H3,(H,32,38)(H,34,37). The summed E-state index contributed by atoms with van der Waals surface area (Å²) in [5.74, 6) is -2.39. The Labute approximate surface area is 269 Å². The van der Waals surface area contributed by atoms with Gasteiger partial charge in [0.05, 0.1) is 77.2 Å². The van der Waals surface area contributed by atoms with Crippen LogP contribution >= 0.6 is 0 Å². The van der Waals surface area contributed by atoms with Crippen LogP contribution in [0.2, 0.25) is 0 Å². The zero-order valence-electron chi connectivity index (χ0n) is 26.6. The molecule has 15 heteroatoms. The molecule has 46 heavy (non-hydrogen) atoms. The molecule has 0 bridgehead atoms. The first-order chi connectivity index (χ1) is 22.3. The van der Waals surface area contributed by atoms with E-state index < -0.39 is 36.3 Å². The Bertz CT molecular complexity index is 1150. The maximum atomic E-state index is 13.2. The number of nitrogens with one attached hydrogen (secondary N) is 3. The number of amides is 4. The number of fused-ring (bicyclic) bond motifs is 1. The van der Waals surface area contributed by atoms with E-state index in [1.807, 2.05) is 6.92 Å². The second kappa shape index (κ2) is 22.6. The third kappa shape index (κ3) is 13.6. The maximum Gasteiger partial charge on any atom is 0.266 e. The normalized spacial score (nSPS) is 12.9. The number of imide groups is 1. The highest BCUT2D eigenvalue weighted by Crippen LogP contribution is 2.33. The summed E-state index contributed by atoms with van der Waals surface area (Å²) in [6.45, 7) is 10.5. The molecule has 3 N–H and O–H groups in total. The predicted molar refractivity (Wildman–Crippen MR) is 166 cm³/mol. The Kier molecular flexibility index (Phi) is 18.8. The number of nitrogens with zero attached hydrogens (tertiary/aromatic N) is 1. The van der Waals surface area contributed by atoms with Crippen molar-refractivity contribution in [2.45, 2.75) is 25.8 Å². The van der Waals surface area contributed by atoms with Gasteiger partial charge in [0.25, 0.3) is 17.7 Å². The molecule has 256 valence electrons. The lowest BCUT2D eigenvalue weighted by molar-refractivity contribution is -0.125. The summed E-state index contributed by atoms with van der Waals surface area (Å²) in [7, 11) is 1.38. The van der Waals surface area contributed by atoms with E-state index in [0.29, 0.717) is 65.7 Å². The highest BCUT2D eigenvalue weighted by atomic mass is 16.6. The highest BCUT2D eigenvalue weighted by Gasteiger charge is 2.44. The lowest BCUT2D eigenvalue weighted by atomic mass is 10.1. The third-order valence-corrected chi connectivity index (χ3v) is 6.42. The molecule has 15 nitrogen and oxygen atoms in total. The van der Waals surface area contributed by atoms with Gasteiger partial charge in [-0.25, -0.2) is 0 Å². The first-order valence-corrected chi connectivity index (χ1v) is 15.2. The van der Waals surface area contributed by atoms with Crippen molar-refractivity contribution < 1.29 is 52.4 Å². The summed E-state index contributed by atoms with van der Waals surface area (Å²) in [4.78, 5) is 62.5. The van der Waals surface area contributed by atoms with Crippen LogP contribution in [0.5, 0.6) is 5.75 Å². The molecule has 4 amide bonds. The molecule has 2 rings (SSSR count). The van der Waals surface area contributed by atoms with Gasteiger partial charge in [-0.3, -0.25) is 24.1 Å². The van der Waals surface area contributed by atoms with Gasteiger partial charge in [0, 0.05) is 32.3 Å². The number of aldehydes is 1. The van der Waals surface area contributed by atoms with Crippen molar-refractivity contribution in [1.29, 1.82) is 0 Å². The number of rotatable bonds is 27. The lowest BCUT2D eigenvalue weighted by Gasteiger charge is -2.24. The number of carbonyl (C=O) groups excluding carboxylic acids is 5. The molecule has 1 aliphatic heterocycles. The highest BCUT2D eigenvalue weighted by molar-refractivity contribution is 6.24. The van der Waals surface area contributed by atoms with Gasteiger partial charge in [0.15, 0.2) is 6.61 Å². The molecule has 1 aromatic carbocycles. The van der Waals surface area contributed by atoms with Crippen LogP contribution in [-0.4, -0.2) is 134 Å². The third-order valence-electron chi connectivity index (χ3n) is 6.42. The quantitative estimate of drug-likeness (QED) is 0.0664. The van der Waals surface area contributed by atoms with Crippen LogP contribution in [0, 0.1) is 0 Å². The Hall–Kier alpha value is -3.89. The van der Waals surface area contributed by atoms with Crippen LogP contribution in [0.3, 0.4) is 0 Å². The van der Waals surface area contributed by atoms with Crippen molar-refractivity contribution in [3.8, 4) is 5.75 Å². The van der Waals surface area contributed by atoms with E-state index in [9.17, 15) is 24.0 Å². The second-order valence-corrected chi connectivity index (χ2v) is 9.94. The van der Waals surface area contributed by atoms with Gasteiger partial charge in [0.2, 0.25) is 5.91 Å².